The predicted octanol–water partition coefficient (Wildman–Crippen LogP) is 1.80. The molecule has 0 amide bonds. The molecule has 3 aromatic rings. The Morgan fingerprint density at radius 1 is 1.30 bits per heavy atom. The van der Waals surface area contributed by atoms with E-state index in [-0.39, 0.29) is 6.10 Å². The highest BCUT2D eigenvalue weighted by molar-refractivity contribution is 7.13. The number of benzene rings is 1. The van der Waals surface area contributed by atoms with Crippen molar-refractivity contribution in [3.63, 3.8) is 0 Å². The number of anilines is 2. The number of nitrogens with one attached hydrogen (secondary N) is 1. The molecule has 2 aromatic heterocycles. The van der Waals surface area contributed by atoms with Gasteiger partial charge in [0.2, 0.25) is 5.13 Å². The fourth-order valence-corrected chi connectivity index (χ4v) is 3.18. The van der Waals surface area contributed by atoms with Crippen LogP contribution in [0.4, 0.5) is 10.9 Å². The van der Waals surface area contributed by atoms with Crippen molar-refractivity contribution < 1.29 is 4.74 Å². The first-order chi connectivity index (χ1) is 11.4. The Kier molecular flexibility index (Phi) is 3.99. The fourth-order valence-electron chi connectivity index (χ4n) is 2.58. The Morgan fingerprint density at radius 3 is 3.09 bits per heavy atom. The number of aromatic nitrogens is 4. The average molecular weight is 328 g/mol. The third kappa shape index (κ3) is 3.22. The van der Waals surface area contributed by atoms with E-state index >= 15 is 0 Å². The summed E-state index contributed by atoms with van der Waals surface area (Å²) in [5.74, 6) is 0.764. The Balaban J connectivity index is 1.39. The van der Waals surface area contributed by atoms with Crippen LogP contribution in [-0.2, 0) is 4.74 Å². The van der Waals surface area contributed by atoms with Crippen LogP contribution in [0.2, 0.25) is 0 Å². The van der Waals surface area contributed by atoms with Gasteiger partial charge < -0.3 is 15.0 Å². The van der Waals surface area contributed by atoms with E-state index in [1.165, 1.54) is 0 Å². The van der Waals surface area contributed by atoms with Gasteiger partial charge in [0, 0.05) is 19.6 Å². The van der Waals surface area contributed by atoms with E-state index in [2.05, 4.69) is 30.4 Å². The van der Waals surface area contributed by atoms with Crippen LogP contribution >= 0.6 is 11.3 Å². The first-order valence-electron chi connectivity index (χ1n) is 7.47. The third-order valence-corrected chi connectivity index (χ3v) is 4.47. The first-order valence-corrected chi connectivity index (χ1v) is 8.35. The van der Waals surface area contributed by atoms with Gasteiger partial charge >= 0.3 is 0 Å². The van der Waals surface area contributed by atoms with Gasteiger partial charge in [-0.25, -0.2) is 4.98 Å². The number of ether oxygens (including phenoxy) is 1. The molecule has 1 saturated heterocycles. The minimum Gasteiger partial charge on any atom is -0.373 e. The highest BCUT2D eigenvalue weighted by Gasteiger charge is 2.22. The largest absolute Gasteiger partial charge is 0.373 e. The number of hydrogen-bond acceptors (Lipinski definition) is 8. The Hall–Kier alpha value is -2.32. The van der Waals surface area contributed by atoms with Crippen molar-refractivity contribution in [3.05, 3.63) is 36.0 Å². The van der Waals surface area contributed by atoms with Crippen molar-refractivity contribution in [1.29, 1.82) is 0 Å². The smallest absolute Gasteiger partial charge is 0.208 e. The first kappa shape index (κ1) is 14.3. The summed E-state index contributed by atoms with van der Waals surface area (Å²) in [5.41, 5.74) is 3.54. The summed E-state index contributed by atoms with van der Waals surface area (Å²) in [7, 11) is 0. The molecule has 1 aliphatic rings. The minimum absolute atomic E-state index is 0.0842. The number of morpholine rings is 1. The molecule has 118 valence electrons. The lowest BCUT2D eigenvalue weighted by Crippen LogP contribution is -2.45. The van der Waals surface area contributed by atoms with Crippen LogP contribution < -0.4 is 10.2 Å². The van der Waals surface area contributed by atoms with Crippen molar-refractivity contribution in [2.24, 2.45) is 0 Å². The van der Waals surface area contributed by atoms with Crippen molar-refractivity contribution in [2.75, 3.05) is 36.5 Å². The summed E-state index contributed by atoms with van der Waals surface area (Å²) < 4.78 is 5.82. The molecule has 1 aromatic carbocycles. The minimum atomic E-state index is 0.0842. The van der Waals surface area contributed by atoms with E-state index in [4.69, 9.17) is 4.74 Å². The molecule has 0 bridgehead atoms. The highest BCUT2D eigenvalue weighted by atomic mass is 32.1. The number of nitrogens with zero attached hydrogens (tertiary/aromatic N) is 5. The van der Waals surface area contributed by atoms with Gasteiger partial charge in [0.15, 0.2) is 0 Å². The molecule has 0 saturated carbocycles. The van der Waals surface area contributed by atoms with Crippen LogP contribution in [0.3, 0.4) is 0 Å². The maximum atomic E-state index is 5.82. The topological polar surface area (TPSA) is 76.1 Å². The monoisotopic (exact) mass is 328 g/mol. The van der Waals surface area contributed by atoms with Crippen LogP contribution in [0.15, 0.2) is 36.0 Å². The lowest BCUT2D eigenvalue weighted by molar-refractivity contribution is 0.0491. The molecule has 3 heterocycles. The number of para-hydroxylation sites is 2. The zero-order chi connectivity index (χ0) is 15.5. The Bertz CT molecular complexity index is 780. The second-order valence-corrected chi connectivity index (χ2v) is 6.10. The van der Waals surface area contributed by atoms with Crippen LogP contribution in [-0.4, -0.2) is 52.5 Å². The van der Waals surface area contributed by atoms with Gasteiger partial charge in [0.1, 0.15) is 11.3 Å². The summed E-state index contributed by atoms with van der Waals surface area (Å²) in [6, 6.07) is 7.84. The third-order valence-electron chi connectivity index (χ3n) is 3.72. The van der Waals surface area contributed by atoms with Crippen molar-refractivity contribution in [2.45, 2.75) is 6.10 Å². The molecule has 1 fully saturated rings. The number of rotatable bonds is 4. The summed E-state index contributed by atoms with van der Waals surface area (Å²) in [5, 5.41) is 12.3. The zero-order valence-corrected chi connectivity index (χ0v) is 13.2. The zero-order valence-electron chi connectivity index (χ0n) is 12.4. The van der Waals surface area contributed by atoms with Gasteiger partial charge in [-0.05, 0) is 12.1 Å². The predicted molar refractivity (Wildman–Crippen MR) is 89.9 cm³/mol. The summed E-state index contributed by atoms with van der Waals surface area (Å²) in [6.07, 6.45) is 1.84. The van der Waals surface area contributed by atoms with Gasteiger partial charge in [0.25, 0.3) is 0 Å². The van der Waals surface area contributed by atoms with Gasteiger partial charge in [-0.3, -0.25) is 4.98 Å². The molecule has 0 radical (unpaired) electrons. The maximum absolute atomic E-state index is 5.82. The molecule has 1 unspecified atom stereocenters. The summed E-state index contributed by atoms with van der Waals surface area (Å²) >= 11 is 1.55. The second-order valence-electron chi connectivity index (χ2n) is 5.28. The fraction of sp³-hybridized carbons (Fsp3) is 0.333. The lowest BCUT2D eigenvalue weighted by Gasteiger charge is -2.32. The van der Waals surface area contributed by atoms with Gasteiger partial charge in [-0.1, -0.05) is 23.5 Å². The molecule has 4 rings (SSSR count). The molecular weight excluding hydrogens is 312 g/mol. The van der Waals surface area contributed by atoms with Crippen LogP contribution in [0, 0.1) is 0 Å². The molecular formula is C15H16N6OS. The number of hydrogen-bond donors (Lipinski definition) is 1. The van der Waals surface area contributed by atoms with E-state index in [0.717, 1.165) is 35.1 Å². The Morgan fingerprint density at radius 2 is 2.22 bits per heavy atom. The molecule has 0 spiro atoms. The van der Waals surface area contributed by atoms with Gasteiger partial charge in [-0.2, -0.15) is 0 Å². The molecule has 7 nitrogen and oxygen atoms in total. The molecule has 23 heavy (non-hydrogen) atoms. The summed E-state index contributed by atoms with van der Waals surface area (Å²) in [6.45, 7) is 3.02. The van der Waals surface area contributed by atoms with E-state index in [0.29, 0.717) is 13.2 Å². The molecule has 1 N–H and O–H groups in total. The molecule has 0 aliphatic carbocycles. The van der Waals surface area contributed by atoms with Crippen LogP contribution in [0.5, 0.6) is 0 Å². The average Bonchev–Trinajstić information content (AvgIpc) is 3.15. The SMILES string of the molecule is c1ccc2nc(NCC3CN(c4nncs4)CCO3)cnc2c1. The van der Waals surface area contributed by atoms with Gasteiger partial charge in [0.05, 0.1) is 29.9 Å². The standard InChI is InChI=1S/C15H16N6OS/c1-2-4-13-12(3-1)16-8-14(19-13)17-7-11-9-21(5-6-22-11)15-20-18-10-23-15/h1-4,8,10-11H,5-7,9H2,(H,17,19). The van der Waals surface area contributed by atoms with E-state index in [9.17, 15) is 0 Å². The Labute approximate surface area is 137 Å². The van der Waals surface area contributed by atoms with Crippen molar-refractivity contribution in [1.82, 2.24) is 20.2 Å². The van der Waals surface area contributed by atoms with E-state index in [1.807, 2.05) is 24.3 Å². The normalized spacial score (nSPS) is 18.3. The molecule has 1 atom stereocenters. The van der Waals surface area contributed by atoms with Crippen LogP contribution in [0.25, 0.3) is 11.0 Å². The number of fused-ring (bicyclic) bond motifs is 1. The molecule has 1 aliphatic heterocycles. The van der Waals surface area contributed by atoms with E-state index in [1.54, 1.807) is 23.0 Å². The highest BCUT2D eigenvalue weighted by Crippen LogP contribution is 2.19. The summed E-state index contributed by atoms with van der Waals surface area (Å²) in [4.78, 5) is 11.2. The lowest BCUT2D eigenvalue weighted by atomic mass is 10.3. The van der Waals surface area contributed by atoms with Crippen molar-refractivity contribution >= 4 is 33.3 Å². The molecule has 8 heteroatoms. The maximum Gasteiger partial charge on any atom is 0.208 e. The van der Waals surface area contributed by atoms with Crippen molar-refractivity contribution in [3.8, 4) is 0 Å². The second kappa shape index (κ2) is 6.43. The van der Waals surface area contributed by atoms with Crippen LogP contribution in [0.1, 0.15) is 0 Å². The quantitative estimate of drug-likeness (QED) is 0.782. The van der Waals surface area contributed by atoms with Gasteiger partial charge in [-0.15, -0.1) is 10.2 Å². The van der Waals surface area contributed by atoms with E-state index < -0.39 is 0 Å².